The summed E-state index contributed by atoms with van der Waals surface area (Å²) >= 11 is 0. The summed E-state index contributed by atoms with van der Waals surface area (Å²) in [5.41, 5.74) is 0.637. The molecule has 0 bridgehead atoms. The van der Waals surface area contributed by atoms with Gasteiger partial charge in [-0.15, -0.1) is 0 Å². The van der Waals surface area contributed by atoms with Crippen LogP contribution in [0, 0.1) is 5.92 Å². The number of aromatic nitrogens is 2. The summed E-state index contributed by atoms with van der Waals surface area (Å²) in [4.78, 5) is 42.0. The highest BCUT2D eigenvalue weighted by Crippen LogP contribution is 2.38. The van der Waals surface area contributed by atoms with Gasteiger partial charge in [-0.25, -0.2) is 4.79 Å². The maximum atomic E-state index is 12.8. The molecule has 1 saturated heterocycles. The Balaban J connectivity index is 1.32. The van der Waals surface area contributed by atoms with E-state index in [0.717, 1.165) is 5.56 Å². The Morgan fingerprint density at radius 2 is 1.85 bits per heavy atom. The zero-order valence-electron chi connectivity index (χ0n) is 18.0. The van der Waals surface area contributed by atoms with E-state index in [-0.39, 0.29) is 18.0 Å². The smallest absolute Gasteiger partial charge is 0.328 e. The number of fused-ring (bicyclic) bond motifs is 2. The molecule has 3 aromatic rings. The Bertz CT molecular complexity index is 1310. The number of hydrogen-bond acceptors (Lipinski definition) is 6. The van der Waals surface area contributed by atoms with Gasteiger partial charge >= 0.3 is 11.7 Å². The molecule has 9 nitrogen and oxygen atoms in total. The van der Waals surface area contributed by atoms with E-state index in [1.54, 1.807) is 24.3 Å². The average Bonchev–Trinajstić information content (AvgIpc) is 2.83. The summed E-state index contributed by atoms with van der Waals surface area (Å²) in [6, 6.07) is 12.5. The van der Waals surface area contributed by atoms with Crippen molar-refractivity contribution >= 4 is 16.9 Å². The molecule has 0 radical (unpaired) electrons. The maximum absolute atomic E-state index is 12.8. The second-order valence-electron chi connectivity index (χ2n) is 8.48. The molecule has 0 aliphatic carbocycles. The highest BCUT2D eigenvalue weighted by Gasteiger charge is 2.35. The number of carboxylic acid groups (broad SMARTS) is 1. The summed E-state index contributed by atoms with van der Waals surface area (Å²) in [6.45, 7) is 2.60. The highest BCUT2D eigenvalue weighted by atomic mass is 16.6. The number of para-hydroxylation sites is 1. The van der Waals surface area contributed by atoms with Crippen molar-refractivity contribution in [3.63, 3.8) is 0 Å². The molecule has 5 rings (SSSR count). The van der Waals surface area contributed by atoms with E-state index >= 15 is 0 Å². The van der Waals surface area contributed by atoms with Crippen molar-refractivity contribution in [3.8, 4) is 11.5 Å². The minimum absolute atomic E-state index is 0.152. The number of hydrogen-bond donors (Lipinski definition) is 2. The molecule has 2 aromatic carbocycles. The molecular formula is C24H25N3O6. The largest absolute Gasteiger partial charge is 0.486 e. The number of nitrogens with one attached hydrogen (secondary N) is 1. The van der Waals surface area contributed by atoms with E-state index in [9.17, 15) is 19.5 Å². The number of aliphatic carboxylic acids is 1. The normalized spacial score (nSPS) is 20.6. The van der Waals surface area contributed by atoms with Crippen molar-refractivity contribution in [2.24, 2.45) is 5.92 Å². The Morgan fingerprint density at radius 1 is 1.06 bits per heavy atom. The molecule has 1 fully saturated rings. The lowest BCUT2D eigenvalue weighted by molar-refractivity contribution is -0.144. The second kappa shape index (κ2) is 8.74. The lowest BCUT2D eigenvalue weighted by atomic mass is 9.80. The third kappa shape index (κ3) is 4.11. The Kier molecular flexibility index (Phi) is 5.63. The van der Waals surface area contributed by atoms with Crippen LogP contribution in [0.2, 0.25) is 0 Å². The average molecular weight is 451 g/mol. The molecule has 3 heterocycles. The van der Waals surface area contributed by atoms with Gasteiger partial charge in [-0.1, -0.05) is 18.2 Å². The van der Waals surface area contributed by atoms with Gasteiger partial charge < -0.3 is 24.5 Å². The predicted molar refractivity (Wildman–Crippen MR) is 121 cm³/mol. The molecule has 2 aliphatic rings. The van der Waals surface area contributed by atoms with Gasteiger partial charge in [0.2, 0.25) is 0 Å². The van der Waals surface area contributed by atoms with Gasteiger partial charge in [0, 0.05) is 19.6 Å². The standard InChI is InChI=1S/C24H25N3O6/c28-22-17-3-1-2-4-19(17)25-24(31)27(22)10-9-26-8-7-16(18(14-26)23(29)30)15-5-6-20-21(13-15)33-12-11-32-20/h1-6,13,16,18H,7-12,14H2,(H,25,31)(H,29,30). The van der Waals surface area contributed by atoms with Crippen LogP contribution in [-0.4, -0.2) is 58.4 Å². The molecule has 9 heteroatoms. The number of likely N-dealkylation sites (tertiary alicyclic amines) is 1. The first kappa shape index (κ1) is 21.3. The fourth-order valence-electron chi connectivity index (χ4n) is 4.81. The first-order valence-electron chi connectivity index (χ1n) is 11.1. The number of piperidine rings is 1. The summed E-state index contributed by atoms with van der Waals surface area (Å²) < 4.78 is 12.4. The number of carbonyl (C=O) groups is 1. The molecule has 0 saturated carbocycles. The van der Waals surface area contributed by atoms with E-state index in [4.69, 9.17) is 9.47 Å². The van der Waals surface area contributed by atoms with Crippen molar-refractivity contribution < 1.29 is 19.4 Å². The minimum atomic E-state index is -0.861. The predicted octanol–water partition coefficient (Wildman–Crippen LogP) is 1.65. The van der Waals surface area contributed by atoms with Crippen LogP contribution in [0.1, 0.15) is 17.9 Å². The maximum Gasteiger partial charge on any atom is 0.328 e. The van der Waals surface area contributed by atoms with E-state index < -0.39 is 17.6 Å². The van der Waals surface area contributed by atoms with Crippen LogP contribution in [0.5, 0.6) is 11.5 Å². The lowest BCUT2D eigenvalue weighted by Gasteiger charge is -2.37. The zero-order valence-corrected chi connectivity index (χ0v) is 18.0. The molecule has 2 atom stereocenters. The van der Waals surface area contributed by atoms with Gasteiger partial charge in [0.1, 0.15) is 13.2 Å². The van der Waals surface area contributed by atoms with Crippen LogP contribution < -0.4 is 20.7 Å². The van der Waals surface area contributed by atoms with E-state index in [1.807, 2.05) is 23.1 Å². The zero-order chi connectivity index (χ0) is 22.9. The number of nitrogens with zero attached hydrogens (tertiary/aromatic N) is 2. The third-order valence-electron chi connectivity index (χ3n) is 6.54. The monoisotopic (exact) mass is 451 g/mol. The first-order valence-corrected chi connectivity index (χ1v) is 11.1. The number of aromatic amines is 1. The fourth-order valence-corrected chi connectivity index (χ4v) is 4.81. The molecule has 1 aromatic heterocycles. The van der Waals surface area contributed by atoms with Crippen LogP contribution in [0.3, 0.4) is 0 Å². The highest BCUT2D eigenvalue weighted by molar-refractivity contribution is 5.76. The van der Waals surface area contributed by atoms with Crippen molar-refractivity contribution in [3.05, 3.63) is 68.9 Å². The SMILES string of the molecule is O=C(O)C1CN(CCn2c(=O)[nH]c3ccccc3c2=O)CCC1c1ccc2c(c1)OCCO2. The van der Waals surface area contributed by atoms with Crippen LogP contribution in [0.15, 0.2) is 52.1 Å². The van der Waals surface area contributed by atoms with Crippen molar-refractivity contribution in [1.82, 2.24) is 14.5 Å². The minimum Gasteiger partial charge on any atom is -0.486 e. The van der Waals surface area contributed by atoms with Crippen LogP contribution in [0.25, 0.3) is 10.9 Å². The summed E-state index contributed by atoms with van der Waals surface area (Å²) in [5, 5.41) is 10.4. The van der Waals surface area contributed by atoms with Crippen LogP contribution in [0.4, 0.5) is 0 Å². The van der Waals surface area contributed by atoms with Gasteiger partial charge in [0.25, 0.3) is 5.56 Å². The molecule has 2 unspecified atom stereocenters. The molecule has 2 N–H and O–H groups in total. The summed E-state index contributed by atoms with van der Waals surface area (Å²) in [7, 11) is 0. The summed E-state index contributed by atoms with van der Waals surface area (Å²) in [6.07, 6.45) is 0.652. The second-order valence-corrected chi connectivity index (χ2v) is 8.48. The Morgan fingerprint density at radius 3 is 2.67 bits per heavy atom. The van der Waals surface area contributed by atoms with E-state index in [2.05, 4.69) is 4.98 Å². The molecule has 0 amide bonds. The van der Waals surface area contributed by atoms with Crippen molar-refractivity contribution in [1.29, 1.82) is 0 Å². The van der Waals surface area contributed by atoms with E-state index in [0.29, 0.717) is 61.7 Å². The van der Waals surface area contributed by atoms with Gasteiger partial charge in [-0.2, -0.15) is 0 Å². The molecular weight excluding hydrogens is 426 g/mol. The van der Waals surface area contributed by atoms with Crippen molar-refractivity contribution in [2.75, 3.05) is 32.8 Å². The van der Waals surface area contributed by atoms with Gasteiger partial charge in [0.15, 0.2) is 11.5 Å². The first-order chi connectivity index (χ1) is 16.0. The molecule has 33 heavy (non-hydrogen) atoms. The van der Waals surface area contributed by atoms with Gasteiger partial charge in [-0.05, 0) is 48.7 Å². The third-order valence-corrected chi connectivity index (χ3v) is 6.54. The van der Waals surface area contributed by atoms with Gasteiger partial charge in [0.05, 0.1) is 16.8 Å². The number of benzene rings is 2. The Labute approximate surface area is 189 Å². The lowest BCUT2D eigenvalue weighted by Crippen LogP contribution is -2.46. The van der Waals surface area contributed by atoms with Crippen LogP contribution >= 0.6 is 0 Å². The molecule has 2 aliphatic heterocycles. The summed E-state index contributed by atoms with van der Waals surface area (Å²) in [5.74, 6) is -0.282. The van der Waals surface area contributed by atoms with E-state index in [1.165, 1.54) is 4.57 Å². The number of H-pyrrole nitrogens is 1. The fraction of sp³-hybridized carbons (Fsp3) is 0.375. The number of ether oxygens (including phenoxy) is 2. The van der Waals surface area contributed by atoms with Crippen molar-refractivity contribution in [2.45, 2.75) is 18.9 Å². The number of carboxylic acids is 1. The topological polar surface area (TPSA) is 114 Å². The number of rotatable bonds is 5. The quantitative estimate of drug-likeness (QED) is 0.606. The van der Waals surface area contributed by atoms with Crippen LogP contribution in [-0.2, 0) is 11.3 Å². The molecule has 172 valence electrons. The van der Waals surface area contributed by atoms with Gasteiger partial charge in [-0.3, -0.25) is 14.2 Å². The Hall–Kier alpha value is -3.59. The molecule has 0 spiro atoms.